The van der Waals surface area contributed by atoms with Gasteiger partial charge in [0, 0.05) is 6.07 Å². The largest absolute Gasteiger partial charge is 0.616 e. The van der Waals surface area contributed by atoms with Crippen molar-refractivity contribution in [3.8, 4) is 11.8 Å². The van der Waals surface area contributed by atoms with E-state index in [0.29, 0.717) is 10.6 Å². The zero-order valence-corrected chi connectivity index (χ0v) is 10.3. The Balaban J connectivity index is 2.14. The molecule has 0 spiro atoms. The maximum absolute atomic E-state index is 11.6. The van der Waals surface area contributed by atoms with Crippen LogP contribution in [0, 0.1) is 12.1 Å². The molecule has 3 aromatic rings. The highest BCUT2D eigenvalue weighted by Crippen LogP contribution is 2.27. The van der Waals surface area contributed by atoms with Gasteiger partial charge in [0.15, 0.2) is 6.20 Å². The summed E-state index contributed by atoms with van der Waals surface area (Å²) in [6.07, 6.45) is 2.81. The summed E-state index contributed by atoms with van der Waals surface area (Å²) in [4.78, 5) is 8.31. The van der Waals surface area contributed by atoms with E-state index in [4.69, 9.17) is 4.74 Å². The predicted octanol–water partition coefficient (Wildman–Crippen LogP) is 2.36. The van der Waals surface area contributed by atoms with Crippen molar-refractivity contribution in [3.63, 3.8) is 0 Å². The number of rotatable bonds is 2. The second kappa shape index (κ2) is 4.53. The molecule has 0 amide bonds. The van der Waals surface area contributed by atoms with Gasteiger partial charge in [-0.15, -0.1) is 4.73 Å². The van der Waals surface area contributed by atoms with Crippen LogP contribution in [0.3, 0.4) is 0 Å². The number of pyridine rings is 1. The quantitative estimate of drug-likeness (QED) is 0.519. The molecule has 0 atom stereocenters. The van der Waals surface area contributed by atoms with Crippen molar-refractivity contribution in [1.29, 1.82) is 0 Å². The molecule has 0 N–H and O–H groups in total. The summed E-state index contributed by atoms with van der Waals surface area (Å²) in [5.41, 5.74) is 1.79. The molecular formula is C14H11N3O2. The first-order valence-electron chi connectivity index (χ1n) is 5.82. The molecule has 0 bridgehead atoms. The number of fused-ring (bicyclic) bond motifs is 1. The van der Waals surface area contributed by atoms with Crippen LogP contribution in [0.15, 0.2) is 48.9 Å². The molecule has 1 aromatic carbocycles. The van der Waals surface area contributed by atoms with Gasteiger partial charge in [-0.25, -0.2) is 9.97 Å². The lowest BCUT2D eigenvalue weighted by atomic mass is 10.1. The summed E-state index contributed by atoms with van der Waals surface area (Å²) >= 11 is 0. The molecule has 0 fully saturated rings. The molecule has 19 heavy (non-hydrogen) atoms. The minimum atomic E-state index is 0.186. The molecule has 5 nitrogen and oxygen atoms in total. The molecule has 3 rings (SSSR count). The molecule has 0 saturated carbocycles. The number of ether oxygens (including phenoxy) is 1. The predicted molar refractivity (Wildman–Crippen MR) is 69.8 cm³/mol. The van der Waals surface area contributed by atoms with Crippen molar-refractivity contribution in [2.75, 3.05) is 0 Å². The van der Waals surface area contributed by atoms with Crippen molar-refractivity contribution >= 4 is 10.9 Å². The van der Waals surface area contributed by atoms with Crippen molar-refractivity contribution in [2.45, 2.75) is 6.92 Å². The fourth-order valence-corrected chi connectivity index (χ4v) is 1.91. The van der Waals surface area contributed by atoms with Gasteiger partial charge in [0.25, 0.3) is 0 Å². The van der Waals surface area contributed by atoms with E-state index in [9.17, 15) is 5.21 Å². The monoisotopic (exact) mass is 253 g/mol. The van der Waals surface area contributed by atoms with E-state index >= 15 is 0 Å². The summed E-state index contributed by atoms with van der Waals surface area (Å²) in [6.45, 7) is 1.95. The van der Waals surface area contributed by atoms with E-state index in [0.717, 1.165) is 16.5 Å². The van der Waals surface area contributed by atoms with Crippen LogP contribution in [0.2, 0.25) is 0 Å². The lowest BCUT2D eigenvalue weighted by Crippen LogP contribution is -2.26. The van der Waals surface area contributed by atoms with E-state index in [1.54, 1.807) is 18.2 Å². The summed E-state index contributed by atoms with van der Waals surface area (Å²) < 4.78 is 6.26. The second-order valence-electron chi connectivity index (χ2n) is 4.11. The van der Waals surface area contributed by atoms with Crippen LogP contribution in [0.5, 0.6) is 11.8 Å². The molecule has 2 heterocycles. The average Bonchev–Trinajstić information content (AvgIpc) is 2.42. The standard InChI is InChI=1S/C14H11N3O2/c1-10-5-4-6-11-13(10)14(16-9-15-11)19-12-7-2-3-8-17(12)18/h2-9H,1H3. The van der Waals surface area contributed by atoms with Crippen LogP contribution >= 0.6 is 0 Å². The highest BCUT2D eigenvalue weighted by Gasteiger charge is 2.12. The lowest BCUT2D eigenvalue weighted by molar-refractivity contribution is -0.611. The van der Waals surface area contributed by atoms with Crippen LogP contribution in [0.1, 0.15) is 5.56 Å². The smallest absolute Gasteiger partial charge is 0.386 e. The zero-order chi connectivity index (χ0) is 13.2. The summed E-state index contributed by atoms with van der Waals surface area (Å²) in [7, 11) is 0. The zero-order valence-electron chi connectivity index (χ0n) is 10.3. The number of benzene rings is 1. The Morgan fingerprint density at radius 1 is 1.11 bits per heavy atom. The van der Waals surface area contributed by atoms with Crippen molar-refractivity contribution in [1.82, 2.24) is 9.97 Å². The highest BCUT2D eigenvalue weighted by atomic mass is 16.6. The molecule has 0 radical (unpaired) electrons. The Kier molecular flexibility index (Phi) is 2.72. The minimum Gasteiger partial charge on any atom is -0.616 e. The van der Waals surface area contributed by atoms with Gasteiger partial charge in [0.2, 0.25) is 5.88 Å². The third-order valence-electron chi connectivity index (χ3n) is 2.83. The van der Waals surface area contributed by atoms with Crippen LogP contribution in [0.25, 0.3) is 10.9 Å². The summed E-state index contributed by atoms with van der Waals surface area (Å²) in [5, 5.41) is 12.4. The highest BCUT2D eigenvalue weighted by molar-refractivity contribution is 5.86. The van der Waals surface area contributed by atoms with Gasteiger partial charge in [-0.2, -0.15) is 0 Å². The Labute approximate surface area is 109 Å². The Morgan fingerprint density at radius 2 is 2.00 bits per heavy atom. The van der Waals surface area contributed by atoms with E-state index in [1.807, 2.05) is 25.1 Å². The maximum atomic E-state index is 11.6. The molecule has 0 aliphatic heterocycles. The number of hydrogen-bond acceptors (Lipinski definition) is 4. The Bertz CT molecular complexity index is 738. The SMILES string of the molecule is Cc1cccc2ncnc(Oc3cccc[n+]3[O-])c12. The topological polar surface area (TPSA) is 62.0 Å². The molecule has 0 aliphatic carbocycles. The summed E-state index contributed by atoms with van der Waals surface area (Å²) in [6, 6.07) is 10.7. The van der Waals surface area contributed by atoms with Gasteiger partial charge in [0.1, 0.15) is 6.33 Å². The lowest BCUT2D eigenvalue weighted by Gasteiger charge is -2.08. The van der Waals surface area contributed by atoms with Crippen molar-refractivity contribution in [3.05, 3.63) is 59.7 Å². The third kappa shape index (κ3) is 2.06. The fourth-order valence-electron chi connectivity index (χ4n) is 1.91. The first-order chi connectivity index (χ1) is 9.25. The number of hydrogen-bond donors (Lipinski definition) is 0. The van der Waals surface area contributed by atoms with Gasteiger partial charge in [-0.3, -0.25) is 0 Å². The van der Waals surface area contributed by atoms with Gasteiger partial charge in [0.05, 0.1) is 17.0 Å². The van der Waals surface area contributed by atoms with Gasteiger partial charge in [-0.1, -0.05) is 12.1 Å². The van der Waals surface area contributed by atoms with Crippen LogP contribution < -0.4 is 9.47 Å². The Morgan fingerprint density at radius 3 is 2.84 bits per heavy atom. The van der Waals surface area contributed by atoms with Gasteiger partial charge < -0.3 is 9.94 Å². The second-order valence-corrected chi connectivity index (χ2v) is 4.11. The van der Waals surface area contributed by atoms with Gasteiger partial charge >= 0.3 is 5.88 Å². The first kappa shape index (κ1) is 11.4. The molecule has 2 aromatic heterocycles. The normalized spacial score (nSPS) is 10.6. The minimum absolute atomic E-state index is 0.186. The number of aryl methyl sites for hydroxylation is 1. The first-order valence-corrected chi connectivity index (χ1v) is 5.82. The van der Waals surface area contributed by atoms with Crippen LogP contribution in [0.4, 0.5) is 0 Å². The average molecular weight is 253 g/mol. The summed E-state index contributed by atoms with van der Waals surface area (Å²) in [5.74, 6) is 0.574. The van der Waals surface area contributed by atoms with E-state index in [1.165, 1.54) is 12.5 Å². The molecular weight excluding hydrogens is 242 g/mol. The number of nitrogens with zero attached hydrogens (tertiary/aromatic N) is 3. The molecule has 5 heteroatoms. The van der Waals surface area contributed by atoms with E-state index in [-0.39, 0.29) is 5.88 Å². The molecule has 0 unspecified atom stereocenters. The molecule has 94 valence electrons. The third-order valence-corrected chi connectivity index (χ3v) is 2.83. The van der Waals surface area contributed by atoms with Crippen molar-refractivity contribution in [2.24, 2.45) is 0 Å². The number of aromatic nitrogens is 3. The molecule has 0 saturated heterocycles. The maximum Gasteiger partial charge on any atom is 0.386 e. The Hall–Kier alpha value is -2.69. The van der Waals surface area contributed by atoms with E-state index in [2.05, 4.69) is 9.97 Å². The van der Waals surface area contributed by atoms with Crippen molar-refractivity contribution < 1.29 is 9.47 Å². The van der Waals surface area contributed by atoms with E-state index < -0.39 is 0 Å². The van der Waals surface area contributed by atoms with Crippen LogP contribution in [-0.4, -0.2) is 9.97 Å². The van der Waals surface area contributed by atoms with Gasteiger partial charge in [-0.05, 0) is 24.6 Å². The fraction of sp³-hybridized carbons (Fsp3) is 0.0714. The molecule has 0 aliphatic rings. The van der Waals surface area contributed by atoms with Crippen LogP contribution in [-0.2, 0) is 0 Å².